The van der Waals surface area contributed by atoms with Crippen molar-refractivity contribution < 1.29 is 14.3 Å². The first-order valence-corrected chi connectivity index (χ1v) is 10.2. The van der Waals surface area contributed by atoms with E-state index in [-0.39, 0.29) is 11.4 Å². The summed E-state index contributed by atoms with van der Waals surface area (Å²) in [4.78, 5) is 16.2. The van der Waals surface area contributed by atoms with Crippen molar-refractivity contribution in [2.45, 2.75) is 6.42 Å². The van der Waals surface area contributed by atoms with Crippen molar-refractivity contribution in [3.05, 3.63) is 70.6 Å². The first-order chi connectivity index (χ1) is 13.5. The molecule has 1 aliphatic rings. The number of aromatic carboxylic acids is 1. The number of hydrogen-bond donors (Lipinski definition) is 2. The first kappa shape index (κ1) is 18.8. The van der Waals surface area contributed by atoms with Crippen LogP contribution in [0, 0.1) is 5.82 Å². The summed E-state index contributed by atoms with van der Waals surface area (Å²) < 4.78 is 14.0. The number of rotatable bonds is 4. The fourth-order valence-corrected chi connectivity index (χ4v) is 4.27. The van der Waals surface area contributed by atoms with Gasteiger partial charge in [-0.3, -0.25) is 4.98 Å². The van der Waals surface area contributed by atoms with Crippen LogP contribution in [0.2, 0.25) is 5.02 Å². The number of thioether (sulfide) groups is 1. The third-order valence-electron chi connectivity index (χ3n) is 4.61. The van der Waals surface area contributed by atoms with Crippen LogP contribution in [-0.4, -0.2) is 27.6 Å². The third-order valence-corrected chi connectivity index (χ3v) is 5.74. The topological polar surface area (TPSA) is 62.2 Å². The van der Waals surface area contributed by atoms with Gasteiger partial charge in [0.25, 0.3) is 0 Å². The van der Waals surface area contributed by atoms with Gasteiger partial charge in [0, 0.05) is 27.9 Å². The molecule has 7 heteroatoms. The van der Waals surface area contributed by atoms with Gasteiger partial charge in [0.1, 0.15) is 5.82 Å². The van der Waals surface area contributed by atoms with Gasteiger partial charge >= 0.3 is 5.97 Å². The van der Waals surface area contributed by atoms with Crippen LogP contribution < -0.4 is 5.32 Å². The molecule has 0 atom stereocenters. The Kier molecular flexibility index (Phi) is 5.24. The molecule has 4 rings (SSSR count). The maximum atomic E-state index is 14.0. The lowest BCUT2D eigenvalue weighted by Crippen LogP contribution is -2.06. The highest BCUT2D eigenvalue weighted by atomic mass is 35.5. The van der Waals surface area contributed by atoms with Crippen LogP contribution in [-0.2, 0) is 0 Å². The number of nitrogens with one attached hydrogen (secondary N) is 1. The Morgan fingerprint density at radius 2 is 2.11 bits per heavy atom. The first-order valence-electron chi connectivity index (χ1n) is 8.68. The highest BCUT2D eigenvalue weighted by Crippen LogP contribution is 2.37. The molecular weight excluding hydrogens is 399 g/mol. The molecular formula is C21H16ClFN2O2S. The summed E-state index contributed by atoms with van der Waals surface area (Å²) >= 11 is 7.82. The molecule has 0 bridgehead atoms. The fraction of sp³-hybridized carbons (Fsp3) is 0.143. The number of hydrogen-bond acceptors (Lipinski definition) is 4. The van der Waals surface area contributed by atoms with Crippen molar-refractivity contribution in [2.75, 3.05) is 16.8 Å². The Labute approximate surface area is 170 Å². The van der Waals surface area contributed by atoms with E-state index in [0.717, 1.165) is 29.1 Å². The van der Waals surface area contributed by atoms with Gasteiger partial charge in [-0.1, -0.05) is 17.7 Å². The van der Waals surface area contributed by atoms with E-state index in [0.29, 0.717) is 27.3 Å². The molecule has 0 unspecified atom stereocenters. The molecule has 28 heavy (non-hydrogen) atoms. The number of fused-ring (bicyclic) bond motifs is 1. The molecule has 0 spiro atoms. The van der Waals surface area contributed by atoms with Gasteiger partial charge in [-0.15, -0.1) is 0 Å². The quantitative estimate of drug-likeness (QED) is 0.549. The molecule has 1 aliphatic heterocycles. The smallest absolute Gasteiger partial charge is 0.337 e. The minimum Gasteiger partial charge on any atom is -0.478 e. The molecule has 0 saturated heterocycles. The Morgan fingerprint density at radius 3 is 2.86 bits per heavy atom. The summed E-state index contributed by atoms with van der Waals surface area (Å²) in [6.07, 6.45) is 4.77. The molecule has 2 aromatic carbocycles. The maximum Gasteiger partial charge on any atom is 0.337 e. The summed E-state index contributed by atoms with van der Waals surface area (Å²) in [7, 11) is 0. The number of benzene rings is 2. The third kappa shape index (κ3) is 3.70. The average molecular weight is 415 g/mol. The fourth-order valence-electron chi connectivity index (χ4n) is 3.25. The molecule has 0 radical (unpaired) electrons. The van der Waals surface area contributed by atoms with E-state index in [9.17, 15) is 14.3 Å². The second kappa shape index (κ2) is 7.81. The van der Waals surface area contributed by atoms with Gasteiger partial charge < -0.3 is 10.4 Å². The summed E-state index contributed by atoms with van der Waals surface area (Å²) in [6, 6.07) is 9.03. The number of carboxylic acids is 1. The zero-order chi connectivity index (χ0) is 19.7. The second-order valence-electron chi connectivity index (χ2n) is 6.38. The molecule has 2 heterocycles. The average Bonchev–Trinajstić information content (AvgIpc) is 2.70. The van der Waals surface area contributed by atoms with Gasteiger partial charge in [-0.2, -0.15) is 11.8 Å². The molecule has 0 amide bonds. The Hall–Kier alpha value is -2.57. The molecule has 0 saturated carbocycles. The van der Waals surface area contributed by atoms with Gasteiger partial charge in [-0.25, -0.2) is 9.18 Å². The van der Waals surface area contributed by atoms with Gasteiger partial charge in [0.15, 0.2) is 0 Å². The Balaban J connectivity index is 1.92. The number of carbonyl (C=O) groups is 1. The maximum absolute atomic E-state index is 14.0. The van der Waals surface area contributed by atoms with Crippen LogP contribution >= 0.6 is 23.4 Å². The number of anilines is 2. The van der Waals surface area contributed by atoms with Crippen LogP contribution in [0.1, 0.15) is 22.3 Å². The number of aromatic nitrogens is 1. The van der Waals surface area contributed by atoms with Crippen LogP contribution in [0.25, 0.3) is 16.5 Å². The van der Waals surface area contributed by atoms with E-state index in [2.05, 4.69) is 16.4 Å². The van der Waals surface area contributed by atoms with Gasteiger partial charge in [0.05, 0.1) is 22.5 Å². The largest absolute Gasteiger partial charge is 0.478 e. The zero-order valence-electron chi connectivity index (χ0n) is 14.7. The van der Waals surface area contributed by atoms with Crippen LogP contribution in [0.15, 0.2) is 48.7 Å². The summed E-state index contributed by atoms with van der Waals surface area (Å²) in [5, 5.41) is 13.7. The molecule has 0 fully saturated rings. The Bertz CT molecular complexity index is 1120. The molecule has 0 aliphatic carbocycles. The van der Waals surface area contributed by atoms with E-state index in [4.69, 9.17) is 11.6 Å². The van der Waals surface area contributed by atoms with E-state index in [1.54, 1.807) is 24.4 Å². The van der Waals surface area contributed by atoms with Crippen molar-refractivity contribution in [3.63, 3.8) is 0 Å². The zero-order valence-corrected chi connectivity index (χ0v) is 16.3. The lowest BCUT2D eigenvalue weighted by molar-refractivity contribution is 0.0698. The second-order valence-corrected chi connectivity index (χ2v) is 7.97. The summed E-state index contributed by atoms with van der Waals surface area (Å²) in [6.45, 7) is 0. The Morgan fingerprint density at radius 1 is 1.25 bits per heavy atom. The molecule has 1 aromatic heterocycles. The van der Waals surface area contributed by atoms with Gasteiger partial charge in [0.2, 0.25) is 0 Å². The predicted molar refractivity (Wildman–Crippen MR) is 113 cm³/mol. The summed E-state index contributed by atoms with van der Waals surface area (Å²) in [5.74, 6) is 0.423. The number of allylic oxidation sites excluding steroid dienone is 1. The number of carboxylic acid groups (broad SMARTS) is 1. The van der Waals surface area contributed by atoms with E-state index in [1.165, 1.54) is 18.2 Å². The number of pyridine rings is 1. The minimum atomic E-state index is -1.09. The van der Waals surface area contributed by atoms with Crippen molar-refractivity contribution in [1.29, 1.82) is 0 Å². The SMILES string of the molecule is O=C(O)c1cc(Cl)ccc1Nc1c(C2=CCSCC2)cnc2ccc(F)cc12. The summed E-state index contributed by atoms with van der Waals surface area (Å²) in [5.41, 5.74) is 3.68. The predicted octanol–water partition coefficient (Wildman–Crippen LogP) is 5.99. The lowest BCUT2D eigenvalue weighted by atomic mass is 9.99. The van der Waals surface area contributed by atoms with Crippen molar-refractivity contribution in [1.82, 2.24) is 4.98 Å². The van der Waals surface area contributed by atoms with Crippen molar-refractivity contribution >= 4 is 57.2 Å². The molecule has 3 aromatic rings. The highest BCUT2D eigenvalue weighted by Gasteiger charge is 2.18. The van der Waals surface area contributed by atoms with Crippen LogP contribution in [0.4, 0.5) is 15.8 Å². The number of halogens is 2. The monoisotopic (exact) mass is 414 g/mol. The highest BCUT2D eigenvalue weighted by molar-refractivity contribution is 7.99. The van der Waals surface area contributed by atoms with Crippen molar-refractivity contribution in [2.24, 2.45) is 0 Å². The molecule has 142 valence electrons. The van der Waals surface area contributed by atoms with E-state index in [1.807, 2.05) is 11.8 Å². The molecule has 4 nitrogen and oxygen atoms in total. The van der Waals surface area contributed by atoms with E-state index < -0.39 is 5.97 Å². The van der Waals surface area contributed by atoms with Gasteiger partial charge in [-0.05, 0) is 54.1 Å². The normalized spacial score (nSPS) is 14.0. The lowest BCUT2D eigenvalue weighted by Gasteiger charge is -2.20. The van der Waals surface area contributed by atoms with Crippen LogP contribution in [0.5, 0.6) is 0 Å². The minimum absolute atomic E-state index is 0.0491. The van der Waals surface area contributed by atoms with Crippen molar-refractivity contribution in [3.8, 4) is 0 Å². The van der Waals surface area contributed by atoms with E-state index >= 15 is 0 Å². The number of nitrogens with zero attached hydrogens (tertiary/aromatic N) is 1. The molecule has 2 N–H and O–H groups in total. The van der Waals surface area contributed by atoms with Crippen LogP contribution in [0.3, 0.4) is 0 Å². The standard InChI is InChI=1S/C21H16ClFN2O2S/c22-13-1-3-19(16(9-13)21(26)27)25-20-15-10-14(23)2-4-18(15)24-11-17(20)12-5-7-28-8-6-12/h1-5,9-11H,6-8H2,(H,24,25)(H,26,27).